The third-order valence-corrected chi connectivity index (χ3v) is 2.78. The highest BCUT2D eigenvalue weighted by Crippen LogP contribution is 1.96. The Morgan fingerprint density at radius 3 is 2.56 bits per heavy atom. The van der Waals surface area contributed by atoms with Crippen LogP contribution in [-0.4, -0.2) is 54.1 Å². The van der Waals surface area contributed by atoms with Crippen LogP contribution in [0.2, 0.25) is 0 Å². The van der Waals surface area contributed by atoms with Gasteiger partial charge in [0, 0.05) is 26.2 Å². The second-order valence-corrected chi connectivity index (χ2v) is 5.54. The fourth-order valence-corrected chi connectivity index (χ4v) is 1.80. The van der Waals surface area contributed by atoms with E-state index >= 15 is 0 Å². The van der Waals surface area contributed by atoms with Crippen LogP contribution in [0.5, 0.6) is 0 Å². The average molecular weight is 253 g/mol. The minimum absolute atomic E-state index is 0.231. The van der Waals surface area contributed by atoms with Gasteiger partial charge in [-0.3, -0.25) is 0 Å². The monoisotopic (exact) mass is 253 g/mol. The molecule has 0 heterocycles. The molecule has 4 N–H and O–H groups in total. The molecule has 0 aliphatic rings. The van der Waals surface area contributed by atoms with Gasteiger partial charge in [0.2, 0.25) is 10.0 Å². The lowest BCUT2D eigenvalue weighted by molar-refractivity contribution is 0.162. The lowest BCUT2D eigenvalue weighted by atomic mass is 10.1. The molecule has 0 rings (SSSR count). The molecule has 0 aromatic rings. The molecule has 1 atom stereocenters. The van der Waals surface area contributed by atoms with Crippen LogP contribution in [0.15, 0.2) is 0 Å². The Labute approximate surface area is 98.0 Å². The van der Waals surface area contributed by atoms with E-state index in [1.165, 1.54) is 0 Å². The molecule has 98 valence electrons. The van der Waals surface area contributed by atoms with Gasteiger partial charge in [0.15, 0.2) is 0 Å². The summed E-state index contributed by atoms with van der Waals surface area (Å²) in [7, 11) is -1.45. The van der Waals surface area contributed by atoms with Crippen molar-refractivity contribution in [2.24, 2.45) is 5.73 Å². The van der Waals surface area contributed by atoms with E-state index in [-0.39, 0.29) is 6.04 Å². The molecule has 0 saturated heterocycles. The fourth-order valence-electron chi connectivity index (χ4n) is 1.32. The summed E-state index contributed by atoms with van der Waals surface area (Å²) in [6.45, 7) is 2.25. The predicted molar refractivity (Wildman–Crippen MR) is 64.8 cm³/mol. The summed E-state index contributed by atoms with van der Waals surface area (Å²) in [5.74, 6) is 0. The molecule has 0 aliphatic carbocycles. The topological polar surface area (TPSA) is 93.4 Å². The fraction of sp³-hybridized carbons (Fsp3) is 1.00. The van der Waals surface area contributed by atoms with Gasteiger partial charge in [-0.2, -0.15) is 0 Å². The third kappa shape index (κ3) is 10.3. The van der Waals surface area contributed by atoms with Crippen molar-refractivity contribution in [1.82, 2.24) is 10.0 Å². The Morgan fingerprint density at radius 2 is 2.06 bits per heavy atom. The minimum Gasteiger partial charge on any atom is -0.383 e. The number of methoxy groups -OCH3 is 1. The highest BCUT2D eigenvalue weighted by molar-refractivity contribution is 7.88. The number of nitrogens with one attached hydrogen (secondary N) is 2. The van der Waals surface area contributed by atoms with Gasteiger partial charge in [-0.25, -0.2) is 13.1 Å². The first kappa shape index (κ1) is 15.8. The van der Waals surface area contributed by atoms with Gasteiger partial charge in [-0.1, -0.05) is 0 Å². The van der Waals surface area contributed by atoms with Gasteiger partial charge in [-0.15, -0.1) is 0 Å². The maximum absolute atomic E-state index is 10.8. The lowest BCUT2D eigenvalue weighted by Gasteiger charge is -2.17. The van der Waals surface area contributed by atoms with E-state index in [9.17, 15) is 8.42 Å². The van der Waals surface area contributed by atoms with Gasteiger partial charge < -0.3 is 15.8 Å². The van der Waals surface area contributed by atoms with E-state index in [1.54, 1.807) is 7.11 Å². The SMILES string of the molecule is COCC(CCCN)NCCNS(C)(=O)=O. The number of ether oxygens (including phenoxy) is 1. The predicted octanol–water partition coefficient (Wildman–Crippen LogP) is -1.12. The van der Waals surface area contributed by atoms with E-state index in [0.717, 1.165) is 19.1 Å². The van der Waals surface area contributed by atoms with E-state index in [0.29, 0.717) is 26.2 Å². The van der Waals surface area contributed by atoms with Gasteiger partial charge >= 0.3 is 0 Å². The molecule has 6 nitrogen and oxygen atoms in total. The van der Waals surface area contributed by atoms with Crippen molar-refractivity contribution in [1.29, 1.82) is 0 Å². The molecule has 0 bridgehead atoms. The Bertz CT molecular complexity index is 257. The summed E-state index contributed by atoms with van der Waals surface area (Å²) >= 11 is 0. The number of sulfonamides is 1. The largest absolute Gasteiger partial charge is 0.383 e. The van der Waals surface area contributed by atoms with E-state index < -0.39 is 10.0 Å². The van der Waals surface area contributed by atoms with Crippen LogP contribution in [0.1, 0.15) is 12.8 Å². The minimum atomic E-state index is -3.09. The molecule has 0 fully saturated rings. The Hall–Kier alpha value is -0.210. The quantitative estimate of drug-likeness (QED) is 0.429. The second kappa shape index (κ2) is 8.89. The Kier molecular flexibility index (Phi) is 8.77. The zero-order valence-electron chi connectivity index (χ0n) is 10.0. The Balaban J connectivity index is 3.66. The van der Waals surface area contributed by atoms with Crippen LogP contribution < -0.4 is 15.8 Å². The first-order chi connectivity index (χ1) is 7.49. The molecular weight excluding hydrogens is 230 g/mol. The number of rotatable bonds is 10. The zero-order chi connectivity index (χ0) is 12.4. The molecule has 0 amide bonds. The average Bonchev–Trinajstić information content (AvgIpc) is 2.19. The molecular formula is C9H23N3O3S. The summed E-state index contributed by atoms with van der Waals surface area (Å²) in [6, 6.07) is 0.231. The molecule has 0 saturated carbocycles. The van der Waals surface area contributed by atoms with Crippen molar-refractivity contribution in [2.75, 3.05) is 39.6 Å². The van der Waals surface area contributed by atoms with Gasteiger partial charge in [0.05, 0.1) is 12.9 Å². The first-order valence-corrected chi connectivity index (χ1v) is 7.25. The van der Waals surface area contributed by atoms with Gasteiger partial charge in [-0.05, 0) is 19.4 Å². The lowest BCUT2D eigenvalue weighted by Crippen LogP contribution is -2.39. The maximum atomic E-state index is 10.8. The molecule has 0 spiro atoms. The van der Waals surface area contributed by atoms with Crippen LogP contribution >= 0.6 is 0 Å². The van der Waals surface area contributed by atoms with Crippen molar-refractivity contribution in [3.05, 3.63) is 0 Å². The van der Waals surface area contributed by atoms with E-state index in [2.05, 4.69) is 10.0 Å². The highest BCUT2D eigenvalue weighted by Gasteiger charge is 2.07. The molecule has 0 aromatic carbocycles. The summed E-state index contributed by atoms with van der Waals surface area (Å²) in [6.07, 6.45) is 3.01. The van der Waals surface area contributed by atoms with E-state index in [1.807, 2.05) is 0 Å². The smallest absolute Gasteiger partial charge is 0.208 e. The molecule has 0 aromatic heterocycles. The summed E-state index contributed by atoms with van der Waals surface area (Å²) < 4.78 is 29.1. The normalized spacial score (nSPS) is 13.9. The number of hydrogen-bond acceptors (Lipinski definition) is 5. The second-order valence-electron chi connectivity index (χ2n) is 3.70. The maximum Gasteiger partial charge on any atom is 0.208 e. The van der Waals surface area contributed by atoms with Gasteiger partial charge in [0.1, 0.15) is 0 Å². The van der Waals surface area contributed by atoms with Crippen molar-refractivity contribution in [3.63, 3.8) is 0 Å². The Morgan fingerprint density at radius 1 is 1.38 bits per heavy atom. The van der Waals surface area contributed by atoms with Crippen LogP contribution in [-0.2, 0) is 14.8 Å². The number of nitrogens with two attached hydrogens (primary N) is 1. The third-order valence-electron chi connectivity index (χ3n) is 2.05. The van der Waals surface area contributed by atoms with Crippen molar-refractivity contribution in [3.8, 4) is 0 Å². The molecule has 16 heavy (non-hydrogen) atoms. The summed E-state index contributed by atoms with van der Waals surface area (Å²) in [4.78, 5) is 0. The highest BCUT2D eigenvalue weighted by atomic mass is 32.2. The molecule has 1 unspecified atom stereocenters. The zero-order valence-corrected chi connectivity index (χ0v) is 10.8. The summed E-state index contributed by atoms with van der Waals surface area (Å²) in [5.41, 5.74) is 5.42. The van der Waals surface area contributed by atoms with Crippen molar-refractivity contribution >= 4 is 10.0 Å². The molecule has 0 radical (unpaired) electrons. The molecule has 7 heteroatoms. The van der Waals surface area contributed by atoms with Crippen molar-refractivity contribution < 1.29 is 13.2 Å². The van der Waals surface area contributed by atoms with Crippen LogP contribution in [0.3, 0.4) is 0 Å². The molecule has 0 aliphatic heterocycles. The van der Waals surface area contributed by atoms with E-state index in [4.69, 9.17) is 10.5 Å². The summed E-state index contributed by atoms with van der Waals surface area (Å²) in [5, 5.41) is 3.22. The first-order valence-electron chi connectivity index (χ1n) is 5.36. The van der Waals surface area contributed by atoms with Crippen molar-refractivity contribution in [2.45, 2.75) is 18.9 Å². The van der Waals surface area contributed by atoms with Gasteiger partial charge in [0.25, 0.3) is 0 Å². The van der Waals surface area contributed by atoms with Crippen LogP contribution in [0.25, 0.3) is 0 Å². The van der Waals surface area contributed by atoms with Crippen LogP contribution in [0, 0.1) is 0 Å². The number of hydrogen-bond donors (Lipinski definition) is 3. The standard InChI is InChI=1S/C9H23N3O3S/c1-15-8-9(4-3-5-10)11-6-7-12-16(2,13)14/h9,11-12H,3-8,10H2,1-2H3. The van der Waals surface area contributed by atoms with Crippen LogP contribution in [0.4, 0.5) is 0 Å².